The second kappa shape index (κ2) is 6.08. The number of hydrogen-bond acceptors (Lipinski definition) is 4. The molecule has 4 nitrogen and oxygen atoms in total. The molecular weight excluding hydrogens is 283 g/mol. The van der Waals surface area contributed by atoms with Crippen LogP contribution in [0.2, 0.25) is 10.0 Å². The van der Waals surface area contributed by atoms with Gasteiger partial charge >= 0.3 is 0 Å². The van der Waals surface area contributed by atoms with E-state index in [-0.39, 0.29) is 6.04 Å². The normalized spacial score (nSPS) is 10.6. The molecule has 2 aromatic rings. The second-order valence-electron chi connectivity index (χ2n) is 4.31. The van der Waals surface area contributed by atoms with E-state index in [1.807, 2.05) is 19.9 Å². The molecule has 0 aliphatic heterocycles. The second-order valence-corrected chi connectivity index (χ2v) is 5.16. The van der Waals surface area contributed by atoms with E-state index in [0.717, 1.165) is 5.69 Å². The Hall–Kier alpha value is -1.52. The minimum atomic E-state index is 0.273. The molecule has 6 heteroatoms. The first-order valence-corrected chi connectivity index (χ1v) is 6.62. The molecule has 0 bridgehead atoms. The van der Waals surface area contributed by atoms with Gasteiger partial charge in [-0.2, -0.15) is 4.98 Å². The SMILES string of the molecule is CC(C)Nc1nccc(Nc2ccc(Cl)cc2Cl)n1. The lowest BCUT2D eigenvalue weighted by Gasteiger charge is -2.11. The summed E-state index contributed by atoms with van der Waals surface area (Å²) in [7, 11) is 0. The number of halogens is 2. The van der Waals surface area contributed by atoms with Crippen molar-refractivity contribution in [2.45, 2.75) is 19.9 Å². The van der Waals surface area contributed by atoms with Crippen LogP contribution in [-0.2, 0) is 0 Å². The Labute approximate surface area is 122 Å². The predicted molar refractivity (Wildman–Crippen MR) is 80.5 cm³/mol. The standard InChI is InChI=1S/C13H14Cl2N4/c1-8(2)17-13-16-6-5-12(19-13)18-11-4-3-9(14)7-10(11)15/h3-8H,1-2H3,(H2,16,17,18,19). The highest BCUT2D eigenvalue weighted by Gasteiger charge is 2.04. The topological polar surface area (TPSA) is 49.8 Å². The molecule has 2 N–H and O–H groups in total. The van der Waals surface area contributed by atoms with E-state index in [4.69, 9.17) is 23.2 Å². The molecule has 100 valence electrons. The minimum Gasteiger partial charge on any atom is -0.352 e. The minimum absolute atomic E-state index is 0.273. The summed E-state index contributed by atoms with van der Waals surface area (Å²) >= 11 is 12.0. The quantitative estimate of drug-likeness (QED) is 0.881. The summed E-state index contributed by atoms with van der Waals surface area (Å²) < 4.78 is 0. The van der Waals surface area contributed by atoms with Crippen molar-refractivity contribution >= 4 is 40.7 Å². The molecule has 0 radical (unpaired) electrons. The number of nitrogens with one attached hydrogen (secondary N) is 2. The number of anilines is 3. The average Bonchev–Trinajstić information content (AvgIpc) is 2.32. The summed E-state index contributed by atoms with van der Waals surface area (Å²) in [6.45, 7) is 4.05. The Morgan fingerprint density at radius 3 is 2.63 bits per heavy atom. The van der Waals surface area contributed by atoms with Crippen LogP contribution in [0.3, 0.4) is 0 Å². The molecule has 2 rings (SSSR count). The highest BCUT2D eigenvalue weighted by Crippen LogP contribution is 2.27. The average molecular weight is 297 g/mol. The first-order valence-electron chi connectivity index (χ1n) is 5.86. The fourth-order valence-electron chi connectivity index (χ4n) is 1.48. The van der Waals surface area contributed by atoms with E-state index in [1.165, 1.54) is 0 Å². The molecule has 0 atom stereocenters. The number of rotatable bonds is 4. The zero-order valence-corrected chi connectivity index (χ0v) is 12.1. The summed E-state index contributed by atoms with van der Waals surface area (Å²) in [4.78, 5) is 8.49. The molecule has 0 aliphatic rings. The molecule has 0 unspecified atom stereocenters. The molecule has 19 heavy (non-hydrogen) atoms. The van der Waals surface area contributed by atoms with E-state index in [0.29, 0.717) is 21.8 Å². The van der Waals surface area contributed by atoms with Crippen LogP contribution in [0.4, 0.5) is 17.5 Å². The summed E-state index contributed by atoms with van der Waals surface area (Å²) in [5, 5.41) is 7.41. The van der Waals surface area contributed by atoms with Gasteiger partial charge in [0.15, 0.2) is 0 Å². The maximum absolute atomic E-state index is 6.10. The van der Waals surface area contributed by atoms with Crippen LogP contribution in [0.25, 0.3) is 0 Å². The Morgan fingerprint density at radius 2 is 1.95 bits per heavy atom. The van der Waals surface area contributed by atoms with Gasteiger partial charge < -0.3 is 10.6 Å². The van der Waals surface area contributed by atoms with Gasteiger partial charge in [0, 0.05) is 17.3 Å². The van der Waals surface area contributed by atoms with Crippen LogP contribution in [0.5, 0.6) is 0 Å². The third-order valence-corrected chi connectivity index (χ3v) is 2.82. The fourth-order valence-corrected chi connectivity index (χ4v) is 1.94. The largest absolute Gasteiger partial charge is 0.352 e. The Kier molecular flexibility index (Phi) is 4.45. The Morgan fingerprint density at radius 1 is 1.16 bits per heavy atom. The van der Waals surface area contributed by atoms with Gasteiger partial charge in [-0.25, -0.2) is 4.98 Å². The van der Waals surface area contributed by atoms with Crippen LogP contribution in [-0.4, -0.2) is 16.0 Å². The molecule has 0 aliphatic carbocycles. The first-order chi connectivity index (χ1) is 9.04. The zero-order valence-electron chi connectivity index (χ0n) is 10.6. The van der Waals surface area contributed by atoms with Crippen molar-refractivity contribution in [3.8, 4) is 0 Å². The van der Waals surface area contributed by atoms with Gasteiger partial charge in [-0.05, 0) is 38.1 Å². The maximum atomic E-state index is 6.10. The van der Waals surface area contributed by atoms with Crippen molar-refractivity contribution in [2.24, 2.45) is 0 Å². The summed E-state index contributed by atoms with van der Waals surface area (Å²) in [5.74, 6) is 1.24. The zero-order chi connectivity index (χ0) is 13.8. The molecule has 0 fully saturated rings. The van der Waals surface area contributed by atoms with Gasteiger partial charge in [-0.1, -0.05) is 23.2 Å². The highest BCUT2D eigenvalue weighted by atomic mass is 35.5. The van der Waals surface area contributed by atoms with Crippen molar-refractivity contribution in [2.75, 3.05) is 10.6 Å². The van der Waals surface area contributed by atoms with Gasteiger partial charge in [-0.15, -0.1) is 0 Å². The van der Waals surface area contributed by atoms with Crippen molar-refractivity contribution < 1.29 is 0 Å². The summed E-state index contributed by atoms with van der Waals surface area (Å²) in [6.07, 6.45) is 1.68. The van der Waals surface area contributed by atoms with Gasteiger partial charge in [0.05, 0.1) is 10.7 Å². The van der Waals surface area contributed by atoms with Crippen LogP contribution in [0.15, 0.2) is 30.5 Å². The molecule has 0 spiro atoms. The van der Waals surface area contributed by atoms with Gasteiger partial charge in [0.25, 0.3) is 0 Å². The monoisotopic (exact) mass is 296 g/mol. The highest BCUT2D eigenvalue weighted by molar-refractivity contribution is 6.36. The van der Waals surface area contributed by atoms with E-state index in [2.05, 4.69) is 20.6 Å². The van der Waals surface area contributed by atoms with Gasteiger partial charge in [-0.3, -0.25) is 0 Å². The van der Waals surface area contributed by atoms with Crippen molar-refractivity contribution in [3.05, 3.63) is 40.5 Å². The van der Waals surface area contributed by atoms with Crippen LogP contribution in [0.1, 0.15) is 13.8 Å². The Balaban J connectivity index is 2.18. The van der Waals surface area contributed by atoms with Crippen LogP contribution < -0.4 is 10.6 Å². The first kappa shape index (κ1) is 13.9. The molecule has 1 aromatic carbocycles. The number of aromatic nitrogens is 2. The molecule has 0 amide bonds. The van der Waals surface area contributed by atoms with Gasteiger partial charge in [0.2, 0.25) is 5.95 Å². The number of benzene rings is 1. The maximum Gasteiger partial charge on any atom is 0.224 e. The van der Waals surface area contributed by atoms with Crippen molar-refractivity contribution in [1.29, 1.82) is 0 Å². The predicted octanol–water partition coefficient (Wildman–Crippen LogP) is 4.35. The van der Waals surface area contributed by atoms with Crippen molar-refractivity contribution in [3.63, 3.8) is 0 Å². The summed E-state index contributed by atoms with van der Waals surface area (Å²) in [6, 6.07) is 7.30. The van der Waals surface area contributed by atoms with E-state index in [1.54, 1.807) is 24.4 Å². The van der Waals surface area contributed by atoms with Gasteiger partial charge in [0.1, 0.15) is 5.82 Å². The molecule has 1 heterocycles. The number of hydrogen-bond donors (Lipinski definition) is 2. The van der Waals surface area contributed by atoms with E-state index in [9.17, 15) is 0 Å². The smallest absolute Gasteiger partial charge is 0.224 e. The lowest BCUT2D eigenvalue weighted by Crippen LogP contribution is -2.12. The van der Waals surface area contributed by atoms with Crippen LogP contribution >= 0.6 is 23.2 Å². The fraction of sp³-hybridized carbons (Fsp3) is 0.231. The third-order valence-electron chi connectivity index (χ3n) is 2.27. The molecule has 0 saturated heterocycles. The van der Waals surface area contributed by atoms with E-state index < -0.39 is 0 Å². The molecular formula is C13H14Cl2N4. The van der Waals surface area contributed by atoms with Crippen LogP contribution in [0, 0.1) is 0 Å². The van der Waals surface area contributed by atoms with E-state index >= 15 is 0 Å². The lowest BCUT2D eigenvalue weighted by atomic mass is 10.3. The Bertz CT molecular complexity index is 572. The van der Waals surface area contributed by atoms with Crippen molar-refractivity contribution in [1.82, 2.24) is 9.97 Å². The third kappa shape index (κ3) is 3.98. The molecule has 1 aromatic heterocycles. The number of nitrogens with zero attached hydrogens (tertiary/aromatic N) is 2. The summed E-state index contributed by atoms with van der Waals surface area (Å²) in [5.41, 5.74) is 0.750. The molecule has 0 saturated carbocycles. The lowest BCUT2D eigenvalue weighted by molar-refractivity contribution is 0.875.